The Kier molecular flexibility index (Phi) is 11.0. The molecule has 6 nitrogen and oxygen atoms in total. The van der Waals surface area contributed by atoms with Gasteiger partial charge in [0.15, 0.2) is 0 Å². The number of ether oxygens (including phenoxy) is 1. The van der Waals surface area contributed by atoms with Gasteiger partial charge >= 0.3 is 11.9 Å². The van der Waals surface area contributed by atoms with Gasteiger partial charge in [-0.2, -0.15) is 0 Å². The standard InChI is InChI=1S/C12H22O6S2/c1-3-5-6-8(4-2)7-18-10(15)12(17)20-19-11(16)9(13)14/h8,11-12,16-17H,3-7H2,1-2H3,(H,13,14). The number of hydrogen-bond donors (Lipinski definition) is 3. The first-order valence-corrected chi connectivity index (χ1v) is 8.77. The molecule has 0 aromatic heterocycles. The van der Waals surface area contributed by atoms with Crippen molar-refractivity contribution in [3.63, 3.8) is 0 Å². The average molecular weight is 326 g/mol. The molecule has 3 N–H and O–H groups in total. The lowest BCUT2D eigenvalue weighted by Crippen LogP contribution is -2.23. The van der Waals surface area contributed by atoms with E-state index in [1.54, 1.807) is 0 Å². The maximum absolute atomic E-state index is 11.5. The van der Waals surface area contributed by atoms with Crippen molar-refractivity contribution in [1.82, 2.24) is 0 Å². The van der Waals surface area contributed by atoms with Crippen LogP contribution < -0.4 is 0 Å². The van der Waals surface area contributed by atoms with Crippen LogP contribution in [-0.4, -0.2) is 44.7 Å². The van der Waals surface area contributed by atoms with E-state index in [-0.39, 0.29) is 12.5 Å². The van der Waals surface area contributed by atoms with Crippen molar-refractivity contribution in [2.45, 2.75) is 50.4 Å². The molecule has 0 aliphatic heterocycles. The smallest absolute Gasteiger partial charge is 0.346 e. The van der Waals surface area contributed by atoms with Crippen LogP contribution in [0.2, 0.25) is 0 Å². The fraction of sp³-hybridized carbons (Fsp3) is 0.833. The van der Waals surface area contributed by atoms with E-state index in [4.69, 9.17) is 14.9 Å². The van der Waals surface area contributed by atoms with Gasteiger partial charge in [0, 0.05) is 0 Å². The molecule has 3 atom stereocenters. The van der Waals surface area contributed by atoms with Gasteiger partial charge < -0.3 is 20.1 Å². The molecule has 0 aliphatic rings. The van der Waals surface area contributed by atoms with Crippen molar-refractivity contribution in [1.29, 1.82) is 0 Å². The molecule has 0 radical (unpaired) electrons. The van der Waals surface area contributed by atoms with Crippen LogP contribution in [0.5, 0.6) is 0 Å². The maximum atomic E-state index is 11.5. The van der Waals surface area contributed by atoms with Gasteiger partial charge in [0.25, 0.3) is 0 Å². The van der Waals surface area contributed by atoms with Gasteiger partial charge in [-0.1, -0.05) is 33.1 Å². The molecule has 20 heavy (non-hydrogen) atoms. The lowest BCUT2D eigenvalue weighted by atomic mass is 10.0. The highest BCUT2D eigenvalue weighted by Gasteiger charge is 2.23. The summed E-state index contributed by atoms with van der Waals surface area (Å²) in [5.74, 6) is -1.96. The van der Waals surface area contributed by atoms with E-state index in [1.807, 2.05) is 6.92 Å². The third-order valence-corrected chi connectivity index (χ3v) is 4.95. The first kappa shape index (κ1) is 19.6. The largest absolute Gasteiger partial charge is 0.479 e. The highest BCUT2D eigenvalue weighted by Crippen LogP contribution is 2.29. The Hall–Kier alpha value is -0.440. The summed E-state index contributed by atoms with van der Waals surface area (Å²) >= 11 is 0. The van der Waals surface area contributed by atoms with Crippen LogP contribution in [0.1, 0.15) is 39.5 Å². The molecule has 0 saturated carbocycles. The van der Waals surface area contributed by atoms with E-state index in [2.05, 4.69) is 6.92 Å². The Morgan fingerprint density at radius 3 is 2.25 bits per heavy atom. The van der Waals surface area contributed by atoms with E-state index in [1.165, 1.54) is 0 Å². The summed E-state index contributed by atoms with van der Waals surface area (Å²) in [4.78, 5) is 21.8. The molecule has 0 aromatic rings. The molecule has 0 aliphatic carbocycles. The maximum Gasteiger partial charge on any atom is 0.346 e. The minimum absolute atomic E-state index is 0.249. The lowest BCUT2D eigenvalue weighted by molar-refractivity contribution is -0.150. The fourth-order valence-electron chi connectivity index (χ4n) is 1.36. The van der Waals surface area contributed by atoms with Crippen LogP contribution in [-0.2, 0) is 14.3 Å². The number of carbonyl (C=O) groups excluding carboxylic acids is 1. The van der Waals surface area contributed by atoms with Crippen LogP contribution in [0.4, 0.5) is 0 Å². The molecule has 0 rings (SSSR count). The van der Waals surface area contributed by atoms with Crippen molar-refractivity contribution in [2.75, 3.05) is 6.61 Å². The third-order valence-electron chi connectivity index (χ3n) is 2.66. The molecule has 0 amide bonds. The number of carboxylic acid groups (broad SMARTS) is 1. The van der Waals surface area contributed by atoms with Crippen molar-refractivity contribution in [3.05, 3.63) is 0 Å². The van der Waals surface area contributed by atoms with Gasteiger partial charge in [-0.3, -0.25) is 0 Å². The first-order chi connectivity index (χ1) is 9.42. The van der Waals surface area contributed by atoms with E-state index >= 15 is 0 Å². The Balaban J connectivity index is 3.97. The number of carbonyl (C=O) groups is 2. The number of aliphatic hydroxyl groups is 2. The summed E-state index contributed by atoms with van der Waals surface area (Å²) < 4.78 is 4.99. The van der Waals surface area contributed by atoms with E-state index in [0.717, 1.165) is 25.7 Å². The topological polar surface area (TPSA) is 104 Å². The first-order valence-electron chi connectivity index (χ1n) is 6.50. The predicted octanol–water partition coefficient (Wildman–Crippen LogP) is 1.85. The Labute approximate surface area is 126 Å². The minimum atomic E-state index is -1.68. The number of rotatable bonds is 11. The molecule has 8 heteroatoms. The highest BCUT2D eigenvalue weighted by molar-refractivity contribution is 8.77. The second kappa shape index (κ2) is 11.2. The van der Waals surface area contributed by atoms with Crippen molar-refractivity contribution < 1.29 is 29.6 Å². The molecule has 3 unspecified atom stereocenters. The highest BCUT2D eigenvalue weighted by atomic mass is 33.1. The number of esters is 1. The second-order valence-corrected chi connectivity index (χ2v) is 6.71. The second-order valence-electron chi connectivity index (χ2n) is 4.28. The van der Waals surface area contributed by atoms with Crippen LogP contribution in [0.3, 0.4) is 0 Å². The number of unbranched alkanes of at least 4 members (excludes halogenated alkanes) is 1. The van der Waals surface area contributed by atoms with E-state index in [0.29, 0.717) is 21.6 Å². The van der Waals surface area contributed by atoms with Crippen molar-refractivity contribution >= 4 is 33.5 Å². The molecule has 0 bridgehead atoms. The average Bonchev–Trinajstić information content (AvgIpc) is 2.43. The lowest BCUT2D eigenvalue weighted by Gasteiger charge is -2.16. The number of aliphatic carboxylic acids is 1. The summed E-state index contributed by atoms with van der Waals surface area (Å²) in [6.07, 6.45) is 4.00. The molecule has 0 aromatic carbocycles. The van der Waals surface area contributed by atoms with Gasteiger partial charge in [0.1, 0.15) is 0 Å². The van der Waals surface area contributed by atoms with Crippen molar-refractivity contribution in [3.8, 4) is 0 Å². The zero-order valence-corrected chi connectivity index (χ0v) is 13.3. The SMILES string of the molecule is CCCCC(CC)COC(=O)C(O)SSC(O)C(=O)O. The predicted molar refractivity (Wildman–Crippen MR) is 79.1 cm³/mol. The Morgan fingerprint density at radius 1 is 1.15 bits per heavy atom. The summed E-state index contributed by atoms with van der Waals surface area (Å²) in [5, 5.41) is 26.9. The monoisotopic (exact) mass is 326 g/mol. The number of aliphatic hydroxyl groups excluding tert-OH is 2. The molecule has 0 fully saturated rings. The van der Waals surface area contributed by atoms with Gasteiger partial charge in [-0.25, -0.2) is 9.59 Å². The normalized spacial score (nSPS) is 15.4. The molecular formula is C12H22O6S2. The summed E-state index contributed by atoms with van der Waals surface area (Å²) in [6, 6.07) is 0. The van der Waals surface area contributed by atoms with E-state index < -0.39 is 22.8 Å². The third kappa shape index (κ3) is 8.68. The molecule has 0 saturated heterocycles. The van der Waals surface area contributed by atoms with Crippen LogP contribution in [0, 0.1) is 5.92 Å². The molecule has 0 spiro atoms. The fourth-order valence-corrected chi connectivity index (χ4v) is 2.91. The van der Waals surface area contributed by atoms with Gasteiger partial charge in [-0.05, 0) is 33.9 Å². The van der Waals surface area contributed by atoms with Crippen molar-refractivity contribution in [2.24, 2.45) is 5.92 Å². The molecule has 0 heterocycles. The summed E-state index contributed by atoms with van der Waals surface area (Å²) in [5.41, 5.74) is -3.19. The number of carboxylic acids is 1. The van der Waals surface area contributed by atoms with Crippen LogP contribution >= 0.6 is 21.6 Å². The molecule has 118 valence electrons. The minimum Gasteiger partial charge on any atom is -0.479 e. The zero-order chi connectivity index (χ0) is 15.5. The number of hydrogen-bond acceptors (Lipinski definition) is 7. The van der Waals surface area contributed by atoms with Gasteiger partial charge in [0.05, 0.1) is 6.61 Å². The van der Waals surface area contributed by atoms with Crippen LogP contribution in [0.15, 0.2) is 0 Å². The van der Waals surface area contributed by atoms with Gasteiger partial charge in [0.2, 0.25) is 10.9 Å². The van der Waals surface area contributed by atoms with Gasteiger partial charge in [-0.15, -0.1) is 0 Å². The Morgan fingerprint density at radius 2 is 1.75 bits per heavy atom. The summed E-state index contributed by atoms with van der Waals surface area (Å²) in [6.45, 7) is 4.35. The van der Waals surface area contributed by atoms with Crippen LogP contribution in [0.25, 0.3) is 0 Å². The summed E-state index contributed by atoms with van der Waals surface area (Å²) in [7, 11) is 1.06. The van der Waals surface area contributed by atoms with E-state index in [9.17, 15) is 14.7 Å². The Bertz CT molecular complexity index is 300. The quantitative estimate of drug-likeness (QED) is 0.300. The molecular weight excluding hydrogens is 304 g/mol. The zero-order valence-electron chi connectivity index (χ0n) is 11.7.